The molecule has 33 heavy (non-hydrogen) atoms. The summed E-state index contributed by atoms with van der Waals surface area (Å²) in [5.41, 5.74) is -0.140. The van der Waals surface area contributed by atoms with Crippen LogP contribution in [0.5, 0.6) is 0 Å². The lowest BCUT2D eigenvalue weighted by molar-refractivity contribution is -0.137. The van der Waals surface area contributed by atoms with Crippen LogP contribution in [-0.2, 0) is 16.2 Å². The van der Waals surface area contributed by atoms with Crippen LogP contribution >= 0.6 is 0 Å². The maximum absolute atomic E-state index is 13.1. The van der Waals surface area contributed by atoms with E-state index in [1.54, 1.807) is 6.07 Å². The summed E-state index contributed by atoms with van der Waals surface area (Å²) in [5.74, 6) is -0.305. The van der Waals surface area contributed by atoms with Gasteiger partial charge in [-0.25, -0.2) is 8.42 Å². The van der Waals surface area contributed by atoms with Crippen LogP contribution in [0.15, 0.2) is 57.8 Å². The summed E-state index contributed by atoms with van der Waals surface area (Å²) in [4.78, 5) is 11.7. The summed E-state index contributed by atoms with van der Waals surface area (Å²) < 4.78 is 71.6. The molecular formula is C22H20F3N3O4S. The molecule has 0 saturated carbocycles. The first-order chi connectivity index (χ1) is 15.6. The molecule has 174 valence electrons. The van der Waals surface area contributed by atoms with Gasteiger partial charge >= 0.3 is 6.18 Å². The maximum atomic E-state index is 13.1. The normalized spacial score (nSPS) is 17.8. The summed E-state index contributed by atoms with van der Waals surface area (Å²) in [6, 6.07) is 10.3. The number of piperidine rings is 1. The molecule has 0 spiro atoms. The van der Waals surface area contributed by atoms with Crippen molar-refractivity contribution >= 4 is 15.8 Å². The quantitative estimate of drug-likeness (QED) is 0.500. The van der Waals surface area contributed by atoms with E-state index in [0.717, 1.165) is 12.1 Å². The first-order valence-corrected chi connectivity index (χ1v) is 11.6. The van der Waals surface area contributed by atoms with E-state index < -0.39 is 21.8 Å². The Morgan fingerprint density at radius 2 is 1.85 bits per heavy atom. The van der Waals surface area contributed by atoms with Gasteiger partial charge in [0.15, 0.2) is 5.78 Å². The van der Waals surface area contributed by atoms with Gasteiger partial charge in [-0.05, 0) is 56.2 Å². The fourth-order valence-electron chi connectivity index (χ4n) is 3.70. The van der Waals surface area contributed by atoms with Crippen molar-refractivity contribution in [2.45, 2.75) is 36.8 Å². The average Bonchev–Trinajstić information content (AvgIpc) is 3.29. The number of alkyl halides is 3. The highest BCUT2D eigenvalue weighted by Crippen LogP contribution is 2.33. The molecule has 1 atom stereocenters. The van der Waals surface area contributed by atoms with Gasteiger partial charge in [0, 0.05) is 24.2 Å². The minimum atomic E-state index is -4.44. The third-order valence-electron chi connectivity index (χ3n) is 5.51. The minimum absolute atomic E-state index is 0.0341. The molecule has 1 fully saturated rings. The highest BCUT2D eigenvalue weighted by atomic mass is 32.2. The lowest BCUT2D eigenvalue weighted by atomic mass is 10.00. The van der Waals surface area contributed by atoms with Gasteiger partial charge < -0.3 is 4.42 Å². The van der Waals surface area contributed by atoms with Crippen molar-refractivity contribution < 1.29 is 30.8 Å². The molecule has 0 amide bonds. The topological polar surface area (TPSA) is 93.4 Å². The second-order valence-electron chi connectivity index (χ2n) is 7.81. The zero-order chi connectivity index (χ0) is 23.8. The Labute approximate surface area is 188 Å². The lowest BCUT2D eigenvalue weighted by Crippen LogP contribution is -2.39. The van der Waals surface area contributed by atoms with Gasteiger partial charge in [-0.3, -0.25) is 4.79 Å². The van der Waals surface area contributed by atoms with Crippen molar-refractivity contribution in [2.75, 3.05) is 13.1 Å². The SMILES string of the molecule is CC(=O)c1cccc(S(=O)(=O)N2CCCC(c3nnc(-c4ccc(C(F)(F)F)cc4)o3)C2)c1. The van der Waals surface area contributed by atoms with E-state index in [-0.39, 0.29) is 34.9 Å². The molecule has 2 aromatic carbocycles. The minimum Gasteiger partial charge on any atom is -0.420 e. The zero-order valence-corrected chi connectivity index (χ0v) is 18.4. The molecule has 2 heterocycles. The van der Waals surface area contributed by atoms with E-state index in [2.05, 4.69) is 10.2 Å². The number of sulfonamides is 1. The number of nitrogens with zero attached hydrogens (tertiary/aromatic N) is 3. The Bertz CT molecular complexity index is 1270. The molecule has 1 aliphatic heterocycles. The van der Waals surface area contributed by atoms with Gasteiger partial charge in [-0.1, -0.05) is 12.1 Å². The molecule has 0 aliphatic carbocycles. The summed E-state index contributed by atoms with van der Waals surface area (Å²) in [7, 11) is -3.84. The molecule has 7 nitrogen and oxygen atoms in total. The van der Waals surface area contributed by atoms with Gasteiger partial charge in [0.1, 0.15) is 0 Å². The third kappa shape index (κ3) is 4.83. The van der Waals surface area contributed by atoms with E-state index in [9.17, 15) is 26.4 Å². The van der Waals surface area contributed by atoms with E-state index in [0.29, 0.717) is 30.5 Å². The van der Waals surface area contributed by atoms with Crippen LogP contribution in [-0.4, -0.2) is 41.8 Å². The summed E-state index contributed by atoms with van der Waals surface area (Å²) >= 11 is 0. The van der Waals surface area contributed by atoms with Crippen molar-refractivity contribution in [1.29, 1.82) is 0 Å². The van der Waals surface area contributed by atoms with Crippen LogP contribution in [0.25, 0.3) is 11.5 Å². The number of hydrogen-bond acceptors (Lipinski definition) is 6. The van der Waals surface area contributed by atoms with Crippen LogP contribution in [0.4, 0.5) is 13.2 Å². The average molecular weight is 479 g/mol. The van der Waals surface area contributed by atoms with E-state index in [4.69, 9.17) is 4.42 Å². The molecule has 3 aromatic rings. The number of rotatable bonds is 5. The Balaban J connectivity index is 1.53. The van der Waals surface area contributed by atoms with Crippen LogP contribution in [0.1, 0.15) is 47.5 Å². The predicted octanol–water partition coefficient (Wildman–Crippen LogP) is 4.53. The Kier molecular flexibility index (Phi) is 6.10. The summed E-state index contributed by atoms with van der Waals surface area (Å²) in [6.07, 6.45) is -3.26. The number of ketones is 1. The van der Waals surface area contributed by atoms with Crippen molar-refractivity contribution in [1.82, 2.24) is 14.5 Å². The van der Waals surface area contributed by atoms with E-state index in [1.807, 2.05) is 0 Å². The molecule has 1 unspecified atom stereocenters. The monoisotopic (exact) mass is 479 g/mol. The van der Waals surface area contributed by atoms with Crippen LogP contribution in [0.2, 0.25) is 0 Å². The largest absolute Gasteiger partial charge is 0.420 e. The fraction of sp³-hybridized carbons (Fsp3) is 0.318. The van der Waals surface area contributed by atoms with Crippen molar-refractivity contribution in [2.24, 2.45) is 0 Å². The van der Waals surface area contributed by atoms with Crippen LogP contribution in [0.3, 0.4) is 0 Å². The summed E-state index contributed by atoms with van der Waals surface area (Å²) in [6.45, 7) is 1.79. The number of hydrogen-bond donors (Lipinski definition) is 0. The third-order valence-corrected chi connectivity index (χ3v) is 7.37. The van der Waals surface area contributed by atoms with Gasteiger partial charge in [-0.2, -0.15) is 17.5 Å². The molecule has 4 rings (SSSR count). The molecule has 1 aliphatic rings. The number of benzene rings is 2. The molecule has 1 aromatic heterocycles. The Hall–Kier alpha value is -3.05. The highest BCUT2D eigenvalue weighted by molar-refractivity contribution is 7.89. The number of carbonyl (C=O) groups excluding carboxylic acids is 1. The highest BCUT2D eigenvalue weighted by Gasteiger charge is 2.34. The molecule has 1 saturated heterocycles. The Morgan fingerprint density at radius 1 is 1.12 bits per heavy atom. The molecule has 0 N–H and O–H groups in total. The second kappa shape index (κ2) is 8.71. The first kappa shape index (κ1) is 23.1. The molecule has 0 radical (unpaired) electrons. The Morgan fingerprint density at radius 3 is 2.52 bits per heavy atom. The smallest absolute Gasteiger partial charge is 0.416 e. The van der Waals surface area contributed by atoms with Crippen molar-refractivity contribution in [3.8, 4) is 11.5 Å². The standard InChI is InChI=1S/C22H20F3N3O4S/c1-14(29)16-4-2-6-19(12-16)33(30,31)28-11-3-5-17(13-28)21-27-26-20(32-21)15-7-9-18(10-8-15)22(23,24)25/h2,4,6-10,12,17H,3,5,11,13H2,1H3. The number of Topliss-reactive ketones (excluding diaryl/α,β-unsaturated/α-hetero) is 1. The van der Waals surface area contributed by atoms with Gasteiger partial charge in [0.05, 0.1) is 16.4 Å². The lowest BCUT2D eigenvalue weighted by Gasteiger charge is -2.30. The van der Waals surface area contributed by atoms with Crippen LogP contribution in [0, 0.1) is 0 Å². The fourth-order valence-corrected chi connectivity index (χ4v) is 5.28. The second-order valence-corrected chi connectivity index (χ2v) is 9.74. The van der Waals surface area contributed by atoms with Gasteiger partial charge in [0.25, 0.3) is 0 Å². The molecular weight excluding hydrogens is 459 g/mol. The number of halogens is 3. The van der Waals surface area contributed by atoms with E-state index >= 15 is 0 Å². The summed E-state index contributed by atoms with van der Waals surface area (Å²) in [5, 5.41) is 7.94. The number of aromatic nitrogens is 2. The predicted molar refractivity (Wildman–Crippen MR) is 112 cm³/mol. The van der Waals surface area contributed by atoms with Gasteiger partial charge in [0.2, 0.25) is 21.8 Å². The first-order valence-electron chi connectivity index (χ1n) is 10.2. The van der Waals surface area contributed by atoms with Crippen LogP contribution < -0.4 is 0 Å². The molecule has 0 bridgehead atoms. The van der Waals surface area contributed by atoms with E-state index in [1.165, 1.54) is 41.6 Å². The van der Waals surface area contributed by atoms with Crippen molar-refractivity contribution in [3.05, 3.63) is 65.5 Å². The van der Waals surface area contributed by atoms with Crippen molar-refractivity contribution in [3.63, 3.8) is 0 Å². The van der Waals surface area contributed by atoms with Gasteiger partial charge in [-0.15, -0.1) is 10.2 Å². The maximum Gasteiger partial charge on any atom is 0.416 e. The molecule has 11 heteroatoms. The zero-order valence-electron chi connectivity index (χ0n) is 17.5. The number of carbonyl (C=O) groups is 1.